The van der Waals surface area contributed by atoms with Crippen LogP contribution in [0.15, 0.2) is 17.2 Å². The fourth-order valence-electron chi connectivity index (χ4n) is 3.59. The third-order valence-corrected chi connectivity index (χ3v) is 5.11. The minimum absolute atomic E-state index is 0.0543. The van der Waals surface area contributed by atoms with Gasteiger partial charge in [-0.1, -0.05) is 0 Å². The van der Waals surface area contributed by atoms with Crippen molar-refractivity contribution in [3.63, 3.8) is 0 Å². The SMILES string of the molecule is CN1CCC(N2CCC(Cn3cnc(C(F)(F)F)cc3=O)CC2)C1=O. The molecule has 0 spiro atoms. The van der Waals surface area contributed by atoms with Gasteiger partial charge in [0, 0.05) is 26.2 Å². The van der Waals surface area contributed by atoms with Gasteiger partial charge in [-0.3, -0.25) is 19.1 Å². The number of hydrogen-bond acceptors (Lipinski definition) is 4. The van der Waals surface area contributed by atoms with Gasteiger partial charge in [-0.2, -0.15) is 13.2 Å². The highest BCUT2D eigenvalue weighted by atomic mass is 19.4. The van der Waals surface area contributed by atoms with E-state index >= 15 is 0 Å². The number of piperidine rings is 1. The maximum absolute atomic E-state index is 12.6. The maximum Gasteiger partial charge on any atom is 0.433 e. The van der Waals surface area contributed by atoms with E-state index in [9.17, 15) is 22.8 Å². The van der Waals surface area contributed by atoms with Crippen LogP contribution < -0.4 is 5.56 Å². The van der Waals surface area contributed by atoms with Crippen molar-refractivity contribution in [3.8, 4) is 0 Å². The number of nitrogens with zero attached hydrogens (tertiary/aromatic N) is 4. The molecule has 2 saturated heterocycles. The van der Waals surface area contributed by atoms with E-state index in [1.807, 2.05) is 0 Å². The van der Waals surface area contributed by atoms with Gasteiger partial charge >= 0.3 is 6.18 Å². The van der Waals surface area contributed by atoms with Crippen LogP contribution in [0, 0.1) is 5.92 Å². The van der Waals surface area contributed by atoms with Crippen molar-refractivity contribution in [1.29, 1.82) is 0 Å². The lowest BCUT2D eigenvalue weighted by molar-refractivity contribution is -0.141. The molecule has 3 rings (SSSR count). The van der Waals surface area contributed by atoms with E-state index in [1.165, 1.54) is 4.57 Å². The van der Waals surface area contributed by atoms with Gasteiger partial charge in [-0.15, -0.1) is 0 Å². The second-order valence-electron chi connectivity index (χ2n) is 6.81. The molecule has 1 unspecified atom stereocenters. The van der Waals surface area contributed by atoms with Crippen LogP contribution in [0.4, 0.5) is 13.2 Å². The minimum atomic E-state index is -4.61. The molecule has 0 radical (unpaired) electrons. The number of amides is 1. The predicted molar refractivity (Wildman–Crippen MR) is 83.8 cm³/mol. The topological polar surface area (TPSA) is 58.4 Å². The fraction of sp³-hybridized carbons (Fsp3) is 0.688. The predicted octanol–water partition coefficient (Wildman–Crippen LogP) is 1.20. The highest BCUT2D eigenvalue weighted by Gasteiger charge is 2.36. The molecule has 0 bridgehead atoms. The normalized spacial score (nSPS) is 23.4. The Balaban J connectivity index is 1.58. The molecule has 2 aliphatic heterocycles. The Morgan fingerprint density at radius 1 is 1.16 bits per heavy atom. The first-order chi connectivity index (χ1) is 11.8. The molecule has 138 valence electrons. The number of likely N-dealkylation sites (N-methyl/N-ethyl adjacent to an activating group) is 1. The van der Waals surface area contributed by atoms with E-state index in [1.54, 1.807) is 11.9 Å². The van der Waals surface area contributed by atoms with E-state index in [0.29, 0.717) is 12.6 Å². The molecule has 1 atom stereocenters. The lowest BCUT2D eigenvalue weighted by Crippen LogP contribution is -2.46. The summed E-state index contributed by atoms with van der Waals surface area (Å²) in [7, 11) is 1.80. The summed E-state index contributed by atoms with van der Waals surface area (Å²) < 4.78 is 38.9. The van der Waals surface area contributed by atoms with E-state index in [-0.39, 0.29) is 17.9 Å². The second-order valence-corrected chi connectivity index (χ2v) is 6.81. The smallest absolute Gasteiger partial charge is 0.344 e. The summed E-state index contributed by atoms with van der Waals surface area (Å²) in [6.07, 6.45) is -1.18. The Morgan fingerprint density at radius 3 is 2.36 bits per heavy atom. The Labute approximate surface area is 143 Å². The molecular formula is C16H21F3N4O2. The van der Waals surface area contributed by atoms with E-state index in [4.69, 9.17) is 0 Å². The van der Waals surface area contributed by atoms with Crippen molar-refractivity contribution in [2.45, 2.75) is 38.0 Å². The van der Waals surface area contributed by atoms with Gasteiger partial charge < -0.3 is 4.90 Å². The van der Waals surface area contributed by atoms with Crippen molar-refractivity contribution in [1.82, 2.24) is 19.4 Å². The Morgan fingerprint density at radius 2 is 1.84 bits per heavy atom. The molecule has 0 aromatic carbocycles. The average Bonchev–Trinajstić information content (AvgIpc) is 2.89. The number of hydrogen-bond donors (Lipinski definition) is 0. The first kappa shape index (κ1) is 17.9. The van der Waals surface area contributed by atoms with Crippen molar-refractivity contribution >= 4 is 5.91 Å². The molecule has 1 aromatic heterocycles. The zero-order valence-electron chi connectivity index (χ0n) is 14.0. The van der Waals surface area contributed by atoms with Crippen LogP contribution in [0.5, 0.6) is 0 Å². The molecule has 2 aliphatic rings. The van der Waals surface area contributed by atoms with Crippen molar-refractivity contribution in [2.75, 3.05) is 26.7 Å². The van der Waals surface area contributed by atoms with Crippen LogP contribution >= 0.6 is 0 Å². The summed E-state index contributed by atoms with van der Waals surface area (Å²) in [4.78, 5) is 31.2. The summed E-state index contributed by atoms with van der Waals surface area (Å²) in [5, 5.41) is 0. The molecule has 0 saturated carbocycles. The first-order valence-corrected chi connectivity index (χ1v) is 8.38. The lowest BCUT2D eigenvalue weighted by atomic mass is 9.95. The molecule has 3 heterocycles. The molecular weight excluding hydrogens is 337 g/mol. The summed E-state index contributed by atoms with van der Waals surface area (Å²) in [6.45, 7) is 2.65. The number of carbonyl (C=O) groups excluding carboxylic acids is 1. The summed E-state index contributed by atoms with van der Waals surface area (Å²) in [5.74, 6) is 0.350. The van der Waals surface area contributed by atoms with Gasteiger partial charge in [0.15, 0.2) is 5.69 Å². The van der Waals surface area contributed by atoms with Crippen LogP contribution in [0.3, 0.4) is 0 Å². The van der Waals surface area contributed by atoms with Gasteiger partial charge in [0.1, 0.15) is 0 Å². The average molecular weight is 358 g/mol. The quantitative estimate of drug-likeness (QED) is 0.815. The zero-order valence-corrected chi connectivity index (χ0v) is 14.0. The van der Waals surface area contributed by atoms with Gasteiger partial charge in [-0.25, -0.2) is 4.98 Å². The Bertz CT molecular complexity index is 695. The van der Waals surface area contributed by atoms with E-state index in [0.717, 1.165) is 45.2 Å². The van der Waals surface area contributed by atoms with Crippen LogP contribution in [-0.2, 0) is 17.5 Å². The third kappa shape index (κ3) is 3.86. The summed E-state index contributed by atoms with van der Waals surface area (Å²) in [6, 6.07) is 0.490. The van der Waals surface area contributed by atoms with Gasteiger partial charge in [0.25, 0.3) is 5.56 Å². The summed E-state index contributed by atoms with van der Waals surface area (Å²) >= 11 is 0. The number of rotatable bonds is 3. The number of likely N-dealkylation sites (tertiary alicyclic amines) is 2. The second kappa shape index (κ2) is 6.78. The van der Waals surface area contributed by atoms with E-state index < -0.39 is 17.4 Å². The maximum atomic E-state index is 12.6. The molecule has 0 aliphatic carbocycles. The lowest BCUT2D eigenvalue weighted by Gasteiger charge is -2.35. The highest BCUT2D eigenvalue weighted by Crippen LogP contribution is 2.27. The van der Waals surface area contributed by atoms with Crippen molar-refractivity contribution in [3.05, 3.63) is 28.4 Å². The molecule has 25 heavy (non-hydrogen) atoms. The number of carbonyl (C=O) groups is 1. The zero-order chi connectivity index (χ0) is 18.2. The molecule has 1 aromatic rings. The third-order valence-electron chi connectivity index (χ3n) is 5.11. The number of alkyl halides is 3. The van der Waals surface area contributed by atoms with Crippen molar-refractivity contribution in [2.24, 2.45) is 5.92 Å². The Kier molecular flexibility index (Phi) is 4.86. The van der Waals surface area contributed by atoms with Crippen LogP contribution in [-0.4, -0.2) is 58.0 Å². The standard InChI is InChI=1S/C16H21F3N4O2/c1-21-5-4-12(15(21)25)22-6-2-11(3-7-22)9-23-10-20-13(8-14(23)24)16(17,18)19/h8,10-12H,2-7,9H2,1H3. The monoisotopic (exact) mass is 358 g/mol. The molecule has 9 heteroatoms. The molecule has 6 nitrogen and oxygen atoms in total. The fourth-order valence-corrected chi connectivity index (χ4v) is 3.59. The molecule has 1 amide bonds. The highest BCUT2D eigenvalue weighted by molar-refractivity contribution is 5.83. The number of halogens is 3. The van der Waals surface area contributed by atoms with Crippen molar-refractivity contribution < 1.29 is 18.0 Å². The first-order valence-electron chi connectivity index (χ1n) is 8.38. The van der Waals surface area contributed by atoms with Crippen LogP contribution in [0.1, 0.15) is 25.0 Å². The van der Waals surface area contributed by atoms with Gasteiger partial charge in [-0.05, 0) is 38.3 Å². The summed E-state index contributed by atoms with van der Waals surface area (Å²) in [5.41, 5.74) is -1.84. The number of aromatic nitrogens is 2. The van der Waals surface area contributed by atoms with Gasteiger partial charge in [0.05, 0.1) is 12.4 Å². The molecule has 0 N–H and O–H groups in total. The van der Waals surface area contributed by atoms with Gasteiger partial charge in [0.2, 0.25) is 5.91 Å². The molecule has 2 fully saturated rings. The van der Waals surface area contributed by atoms with Crippen LogP contribution in [0.25, 0.3) is 0 Å². The van der Waals surface area contributed by atoms with Crippen LogP contribution in [0.2, 0.25) is 0 Å². The minimum Gasteiger partial charge on any atom is -0.344 e. The van der Waals surface area contributed by atoms with E-state index in [2.05, 4.69) is 9.88 Å². The Hall–Kier alpha value is -1.90. The largest absolute Gasteiger partial charge is 0.433 e.